The van der Waals surface area contributed by atoms with Crippen molar-refractivity contribution in [1.29, 1.82) is 0 Å². The molecule has 1 aliphatic heterocycles. The average Bonchev–Trinajstić information content (AvgIpc) is 3.39. The number of thiazole rings is 1. The second-order valence-electron chi connectivity index (χ2n) is 9.66. The molecule has 2 N–H and O–H groups in total. The van der Waals surface area contributed by atoms with Crippen molar-refractivity contribution in [2.75, 3.05) is 5.32 Å². The highest BCUT2D eigenvalue weighted by Crippen LogP contribution is 2.48. The first kappa shape index (κ1) is 25.3. The third kappa shape index (κ3) is 4.71. The van der Waals surface area contributed by atoms with Crippen LogP contribution in [0.5, 0.6) is 0 Å². The molecule has 6 nitrogen and oxygen atoms in total. The number of amides is 1. The van der Waals surface area contributed by atoms with Gasteiger partial charge in [0.15, 0.2) is 0 Å². The molecule has 0 saturated heterocycles. The van der Waals surface area contributed by atoms with E-state index in [1.807, 2.05) is 6.08 Å². The Labute approximate surface area is 216 Å². The second kappa shape index (κ2) is 9.50. The van der Waals surface area contributed by atoms with Gasteiger partial charge < -0.3 is 10.4 Å². The Morgan fingerprint density at radius 3 is 2.51 bits per heavy atom. The lowest BCUT2D eigenvalue weighted by Crippen LogP contribution is -2.50. The molecule has 1 aliphatic carbocycles. The minimum Gasteiger partial charge on any atom is -0.379 e. The van der Waals surface area contributed by atoms with Crippen molar-refractivity contribution < 1.29 is 23.1 Å². The summed E-state index contributed by atoms with van der Waals surface area (Å²) >= 11 is 1.32. The molecule has 3 atom stereocenters. The number of rotatable bonds is 6. The lowest BCUT2D eigenvalue weighted by molar-refractivity contribution is -0.137. The lowest BCUT2D eigenvalue weighted by Gasteiger charge is -2.46. The number of alkyl halides is 3. The summed E-state index contributed by atoms with van der Waals surface area (Å²) in [5.41, 5.74) is 1.65. The quantitative estimate of drug-likeness (QED) is 0.402. The van der Waals surface area contributed by atoms with E-state index in [1.54, 1.807) is 36.9 Å². The second-order valence-corrected chi connectivity index (χ2v) is 10.4. The summed E-state index contributed by atoms with van der Waals surface area (Å²) in [6.45, 7) is 3.57. The smallest absolute Gasteiger partial charge is 0.379 e. The molecule has 5 rings (SSSR count). The third-order valence-electron chi connectivity index (χ3n) is 7.10. The van der Waals surface area contributed by atoms with Crippen LogP contribution in [-0.4, -0.2) is 26.7 Å². The summed E-state index contributed by atoms with van der Waals surface area (Å²) < 4.78 is 40.4. The normalized spacial score (nSPS) is 20.8. The van der Waals surface area contributed by atoms with Gasteiger partial charge in [0.25, 0.3) is 5.91 Å². The van der Waals surface area contributed by atoms with Gasteiger partial charge in [-0.05, 0) is 54.5 Å². The van der Waals surface area contributed by atoms with Gasteiger partial charge in [0, 0.05) is 11.3 Å². The molecule has 192 valence electrons. The van der Waals surface area contributed by atoms with E-state index in [2.05, 4.69) is 15.3 Å². The number of nitrogens with zero attached hydrogens (tertiary/aromatic N) is 3. The lowest BCUT2D eigenvalue weighted by atomic mass is 9.62. The molecule has 3 heterocycles. The van der Waals surface area contributed by atoms with Crippen LogP contribution in [0.3, 0.4) is 0 Å². The van der Waals surface area contributed by atoms with Gasteiger partial charge in [-0.1, -0.05) is 32.1 Å². The van der Waals surface area contributed by atoms with Crippen LogP contribution in [0, 0.1) is 17.8 Å². The number of hydrogen-bond acceptors (Lipinski definition) is 6. The zero-order valence-electron chi connectivity index (χ0n) is 20.2. The first-order valence-electron chi connectivity index (χ1n) is 11.9. The van der Waals surface area contributed by atoms with Crippen LogP contribution in [0.15, 0.2) is 64.6 Å². The van der Waals surface area contributed by atoms with Gasteiger partial charge in [-0.3, -0.25) is 14.8 Å². The fourth-order valence-corrected chi connectivity index (χ4v) is 5.41. The maximum absolute atomic E-state index is 13.5. The van der Waals surface area contributed by atoms with Crippen molar-refractivity contribution >= 4 is 34.3 Å². The van der Waals surface area contributed by atoms with E-state index in [9.17, 15) is 23.1 Å². The van der Waals surface area contributed by atoms with E-state index in [4.69, 9.17) is 4.99 Å². The van der Waals surface area contributed by atoms with Crippen molar-refractivity contribution in [1.82, 2.24) is 9.97 Å². The first-order chi connectivity index (χ1) is 17.6. The van der Waals surface area contributed by atoms with Crippen molar-refractivity contribution in [2.45, 2.75) is 38.5 Å². The zero-order valence-corrected chi connectivity index (χ0v) is 21.0. The molecule has 1 aromatic carbocycles. The number of aliphatic imine (C=N–C) groups is 1. The van der Waals surface area contributed by atoms with Crippen molar-refractivity contribution in [2.24, 2.45) is 22.7 Å². The molecule has 1 fully saturated rings. The number of aliphatic hydroxyl groups is 1. The molecule has 2 aliphatic rings. The Morgan fingerprint density at radius 2 is 1.92 bits per heavy atom. The first-order valence-corrected chi connectivity index (χ1v) is 12.9. The van der Waals surface area contributed by atoms with Gasteiger partial charge in [-0.25, -0.2) is 4.98 Å². The molecule has 0 radical (unpaired) electrons. The highest BCUT2D eigenvalue weighted by atomic mass is 32.1. The van der Waals surface area contributed by atoms with Crippen LogP contribution in [0.4, 0.5) is 18.9 Å². The van der Waals surface area contributed by atoms with Gasteiger partial charge in [0.05, 0.1) is 40.1 Å². The number of aromatic nitrogens is 2. The van der Waals surface area contributed by atoms with E-state index >= 15 is 0 Å². The van der Waals surface area contributed by atoms with Gasteiger partial charge in [0.2, 0.25) is 0 Å². The summed E-state index contributed by atoms with van der Waals surface area (Å²) in [6.07, 6.45) is 0.708. The molecule has 3 aromatic rings. The molecular weight excluding hydrogens is 501 g/mol. The summed E-state index contributed by atoms with van der Waals surface area (Å²) in [7, 11) is 0. The molecule has 2 aromatic heterocycles. The number of carbonyl (C=O) groups is 1. The SMILES string of the molecule is CC(C)C(O)(C1=NC(c2ccc(NC(=O)c3cscn3)cn2)=CC2CCC12)c1cccc(C(F)(F)F)c1. The standard InChI is InChI=1S/C27H25F3N4O2S/c1-15(2)26(36,17-4-3-5-18(11-17)27(28,29)30)24-20-8-6-16(20)10-22(34-24)21-9-7-19(12-31-21)33-25(35)23-13-37-14-32-23/h3-5,7,9-16,20,36H,6,8H2,1-2H3,(H,33,35). The fraction of sp³-hybridized carbons (Fsp3) is 0.333. The topological polar surface area (TPSA) is 87.5 Å². The highest BCUT2D eigenvalue weighted by Gasteiger charge is 2.49. The predicted octanol–water partition coefficient (Wildman–Crippen LogP) is 6.17. The van der Waals surface area contributed by atoms with E-state index in [-0.39, 0.29) is 23.3 Å². The van der Waals surface area contributed by atoms with E-state index in [0.29, 0.717) is 28.5 Å². The summed E-state index contributed by atoms with van der Waals surface area (Å²) in [5.74, 6) is -0.702. The molecule has 10 heteroatoms. The Morgan fingerprint density at radius 1 is 1.14 bits per heavy atom. The Bertz CT molecular complexity index is 1370. The number of allylic oxidation sites excluding steroid dienone is 1. The molecule has 0 spiro atoms. The maximum Gasteiger partial charge on any atom is 0.416 e. The van der Waals surface area contributed by atoms with E-state index < -0.39 is 23.3 Å². The maximum atomic E-state index is 13.5. The highest BCUT2D eigenvalue weighted by molar-refractivity contribution is 7.07. The van der Waals surface area contributed by atoms with Crippen molar-refractivity contribution in [3.8, 4) is 0 Å². The predicted molar refractivity (Wildman–Crippen MR) is 136 cm³/mol. The Hall–Kier alpha value is -3.37. The largest absolute Gasteiger partial charge is 0.416 e. The Kier molecular flexibility index (Phi) is 6.49. The van der Waals surface area contributed by atoms with Gasteiger partial charge in [-0.15, -0.1) is 11.3 Å². The van der Waals surface area contributed by atoms with Crippen LogP contribution >= 0.6 is 11.3 Å². The molecule has 37 heavy (non-hydrogen) atoms. The molecule has 1 amide bonds. The molecular formula is C27H25F3N4O2S. The zero-order chi connectivity index (χ0) is 26.4. The van der Waals surface area contributed by atoms with Crippen molar-refractivity contribution in [3.63, 3.8) is 0 Å². The number of halogens is 3. The fourth-order valence-electron chi connectivity index (χ4n) is 4.88. The van der Waals surface area contributed by atoms with E-state index in [1.165, 1.54) is 29.7 Å². The summed E-state index contributed by atoms with van der Waals surface area (Å²) in [4.78, 5) is 25.5. The number of benzene rings is 1. The van der Waals surface area contributed by atoms with Crippen LogP contribution in [-0.2, 0) is 11.8 Å². The van der Waals surface area contributed by atoms with Gasteiger partial charge in [-0.2, -0.15) is 13.2 Å². The third-order valence-corrected chi connectivity index (χ3v) is 7.68. The van der Waals surface area contributed by atoms with Crippen LogP contribution < -0.4 is 5.32 Å². The van der Waals surface area contributed by atoms with Gasteiger partial charge in [0.1, 0.15) is 11.3 Å². The van der Waals surface area contributed by atoms with Crippen LogP contribution in [0.1, 0.15) is 54.0 Å². The number of anilines is 1. The number of hydrogen-bond donors (Lipinski definition) is 2. The van der Waals surface area contributed by atoms with Crippen molar-refractivity contribution in [3.05, 3.63) is 82.1 Å². The van der Waals surface area contributed by atoms with E-state index in [0.717, 1.165) is 25.0 Å². The van der Waals surface area contributed by atoms with Gasteiger partial charge >= 0.3 is 6.18 Å². The number of pyridine rings is 1. The minimum absolute atomic E-state index is 0.0534. The molecule has 3 unspecified atom stereocenters. The Balaban J connectivity index is 1.48. The molecule has 0 bridgehead atoms. The average molecular weight is 527 g/mol. The number of nitrogens with one attached hydrogen (secondary N) is 1. The molecule has 1 saturated carbocycles. The summed E-state index contributed by atoms with van der Waals surface area (Å²) in [5, 5.41) is 16.4. The van der Waals surface area contributed by atoms with Crippen LogP contribution in [0.25, 0.3) is 5.70 Å². The number of fused-ring (bicyclic) bond motifs is 1. The van der Waals surface area contributed by atoms with Crippen LogP contribution in [0.2, 0.25) is 0 Å². The number of carbonyl (C=O) groups excluding carboxylic acids is 1. The monoisotopic (exact) mass is 526 g/mol. The summed E-state index contributed by atoms with van der Waals surface area (Å²) in [6, 6.07) is 8.30. The minimum atomic E-state index is -4.52.